The van der Waals surface area contributed by atoms with E-state index >= 15 is 0 Å². The van der Waals surface area contributed by atoms with E-state index in [9.17, 15) is 0 Å². The molecule has 1 N–H and O–H groups in total. The molecule has 0 unspecified atom stereocenters. The maximum absolute atomic E-state index is 4.64. The first-order valence-corrected chi connectivity index (χ1v) is 6.93. The molecule has 0 spiro atoms. The van der Waals surface area contributed by atoms with E-state index in [-0.39, 0.29) is 0 Å². The molecule has 0 aromatic carbocycles. The monoisotopic (exact) mass is 257 g/mol. The Kier molecular flexibility index (Phi) is 3.83. The van der Waals surface area contributed by atoms with Crippen LogP contribution in [0.5, 0.6) is 0 Å². The molecule has 0 amide bonds. The highest BCUT2D eigenvalue weighted by Crippen LogP contribution is 2.28. The van der Waals surface area contributed by atoms with Crippen LogP contribution in [0.25, 0.3) is 0 Å². The van der Waals surface area contributed by atoms with Crippen molar-refractivity contribution in [3.05, 3.63) is 42.0 Å². The van der Waals surface area contributed by atoms with Crippen LogP contribution in [0, 0.1) is 0 Å². The molecular weight excluding hydrogens is 238 g/mol. The van der Waals surface area contributed by atoms with Crippen molar-refractivity contribution in [1.82, 2.24) is 25.3 Å². The van der Waals surface area contributed by atoms with Gasteiger partial charge in [0, 0.05) is 25.5 Å². The summed E-state index contributed by atoms with van der Waals surface area (Å²) in [6.45, 7) is 1.50. The Labute approximate surface area is 113 Å². The first kappa shape index (κ1) is 12.3. The highest BCUT2D eigenvalue weighted by molar-refractivity contribution is 5.02. The molecule has 0 radical (unpaired) electrons. The van der Waals surface area contributed by atoms with Gasteiger partial charge in [-0.05, 0) is 31.0 Å². The van der Waals surface area contributed by atoms with Crippen LogP contribution in [0.2, 0.25) is 0 Å². The zero-order valence-electron chi connectivity index (χ0n) is 11.0. The Hall–Kier alpha value is -1.75. The van der Waals surface area contributed by atoms with E-state index in [1.807, 2.05) is 12.1 Å². The van der Waals surface area contributed by atoms with Crippen LogP contribution < -0.4 is 5.32 Å². The maximum atomic E-state index is 4.64. The number of hydrogen-bond acceptors (Lipinski definition) is 4. The van der Waals surface area contributed by atoms with Gasteiger partial charge >= 0.3 is 0 Å². The van der Waals surface area contributed by atoms with Crippen LogP contribution >= 0.6 is 0 Å². The SMILES string of the molecule is c1cnnc(CNCc2ccn(C3CCCC3)n2)c1. The van der Waals surface area contributed by atoms with Gasteiger partial charge in [0.05, 0.1) is 17.4 Å². The fourth-order valence-electron chi connectivity index (χ4n) is 2.59. The lowest BCUT2D eigenvalue weighted by Crippen LogP contribution is -2.15. The minimum absolute atomic E-state index is 0.619. The second kappa shape index (κ2) is 5.93. The fourth-order valence-corrected chi connectivity index (χ4v) is 2.59. The van der Waals surface area contributed by atoms with Crippen molar-refractivity contribution in [2.75, 3.05) is 0 Å². The predicted octanol–water partition coefficient (Wildman–Crippen LogP) is 2.08. The van der Waals surface area contributed by atoms with Gasteiger partial charge in [-0.15, -0.1) is 0 Å². The highest BCUT2D eigenvalue weighted by atomic mass is 15.3. The van der Waals surface area contributed by atoms with E-state index in [0.717, 1.165) is 24.5 Å². The summed E-state index contributed by atoms with van der Waals surface area (Å²) < 4.78 is 2.13. The average Bonchev–Trinajstić information content (AvgIpc) is 3.10. The zero-order valence-corrected chi connectivity index (χ0v) is 11.0. The Morgan fingerprint density at radius 1 is 1.16 bits per heavy atom. The summed E-state index contributed by atoms with van der Waals surface area (Å²) in [5, 5.41) is 15.9. The van der Waals surface area contributed by atoms with Gasteiger partial charge in [-0.1, -0.05) is 12.8 Å². The molecule has 100 valence electrons. The Bertz CT molecular complexity index is 502. The van der Waals surface area contributed by atoms with Crippen LogP contribution in [-0.4, -0.2) is 20.0 Å². The maximum Gasteiger partial charge on any atom is 0.0769 e. The first-order chi connectivity index (χ1) is 9.42. The lowest BCUT2D eigenvalue weighted by molar-refractivity contribution is 0.460. The third-order valence-electron chi connectivity index (χ3n) is 3.60. The molecular formula is C14H19N5. The first-order valence-electron chi connectivity index (χ1n) is 6.93. The highest BCUT2D eigenvalue weighted by Gasteiger charge is 2.17. The number of nitrogens with one attached hydrogen (secondary N) is 1. The van der Waals surface area contributed by atoms with Crippen LogP contribution in [0.4, 0.5) is 0 Å². The normalized spacial score (nSPS) is 16.0. The van der Waals surface area contributed by atoms with Crippen molar-refractivity contribution >= 4 is 0 Å². The van der Waals surface area contributed by atoms with Crippen LogP contribution in [0.15, 0.2) is 30.6 Å². The van der Waals surface area contributed by atoms with Gasteiger partial charge in [0.1, 0.15) is 0 Å². The van der Waals surface area contributed by atoms with E-state index in [0.29, 0.717) is 6.04 Å². The fraction of sp³-hybridized carbons (Fsp3) is 0.500. The Morgan fingerprint density at radius 2 is 2.00 bits per heavy atom. The summed E-state index contributed by atoms with van der Waals surface area (Å²) in [5.41, 5.74) is 2.05. The predicted molar refractivity (Wildman–Crippen MR) is 72.3 cm³/mol. The molecule has 1 aliphatic rings. The van der Waals surface area contributed by atoms with Crippen LogP contribution in [0.3, 0.4) is 0 Å². The average molecular weight is 257 g/mol. The standard InChI is InChI=1S/C14H19N5/c1-2-6-14(5-1)19-9-7-13(18-19)11-15-10-12-4-3-8-16-17-12/h3-4,7-9,14-15H,1-2,5-6,10-11H2. The lowest BCUT2D eigenvalue weighted by atomic mass is 10.3. The molecule has 0 saturated heterocycles. The molecule has 1 saturated carbocycles. The second-order valence-electron chi connectivity index (χ2n) is 5.04. The van der Waals surface area contributed by atoms with E-state index in [2.05, 4.69) is 37.6 Å². The summed E-state index contributed by atoms with van der Waals surface area (Å²) in [6.07, 6.45) is 9.01. The Morgan fingerprint density at radius 3 is 2.79 bits per heavy atom. The van der Waals surface area contributed by atoms with E-state index < -0.39 is 0 Å². The third-order valence-corrected chi connectivity index (χ3v) is 3.60. The van der Waals surface area contributed by atoms with Crippen LogP contribution in [0.1, 0.15) is 43.1 Å². The van der Waals surface area contributed by atoms with Crippen molar-refractivity contribution in [3.8, 4) is 0 Å². The van der Waals surface area contributed by atoms with E-state index in [4.69, 9.17) is 0 Å². The molecule has 2 aromatic rings. The van der Waals surface area contributed by atoms with Crippen molar-refractivity contribution in [2.45, 2.75) is 44.8 Å². The number of hydrogen-bond donors (Lipinski definition) is 1. The molecule has 0 atom stereocenters. The number of aromatic nitrogens is 4. The van der Waals surface area contributed by atoms with Crippen LogP contribution in [-0.2, 0) is 13.1 Å². The number of rotatable bonds is 5. The Balaban J connectivity index is 1.50. The quantitative estimate of drug-likeness (QED) is 0.891. The van der Waals surface area contributed by atoms with Gasteiger partial charge in [0.15, 0.2) is 0 Å². The van der Waals surface area contributed by atoms with Crippen molar-refractivity contribution in [2.24, 2.45) is 0 Å². The second-order valence-corrected chi connectivity index (χ2v) is 5.04. The summed E-state index contributed by atoms with van der Waals surface area (Å²) >= 11 is 0. The smallest absolute Gasteiger partial charge is 0.0769 e. The topological polar surface area (TPSA) is 55.6 Å². The summed E-state index contributed by atoms with van der Waals surface area (Å²) in [6, 6.07) is 6.59. The van der Waals surface area contributed by atoms with Gasteiger partial charge < -0.3 is 5.32 Å². The van der Waals surface area contributed by atoms with Gasteiger partial charge in [-0.2, -0.15) is 15.3 Å². The summed E-state index contributed by atoms with van der Waals surface area (Å²) in [4.78, 5) is 0. The van der Waals surface area contributed by atoms with Crippen molar-refractivity contribution in [3.63, 3.8) is 0 Å². The summed E-state index contributed by atoms with van der Waals surface area (Å²) in [7, 11) is 0. The van der Waals surface area contributed by atoms with Crippen molar-refractivity contribution in [1.29, 1.82) is 0 Å². The molecule has 2 heterocycles. The molecule has 5 heteroatoms. The molecule has 19 heavy (non-hydrogen) atoms. The molecule has 5 nitrogen and oxygen atoms in total. The zero-order chi connectivity index (χ0) is 12.9. The minimum Gasteiger partial charge on any atom is -0.305 e. The largest absolute Gasteiger partial charge is 0.305 e. The minimum atomic E-state index is 0.619. The number of nitrogens with zero attached hydrogens (tertiary/aromatic N) is 4. The summed E-state index contributed by atoms with van der Waals surface area (Å²) in [5.74, 6) is 0. The van der Waals surface area contributed by atoms with Gasteiger partial charge in [-0.3, -0.25) is 4.68 Å². The van der Waals surface area contributed by atoms with Gasteiger partial charge in [-0.25, -0.2) is 0 Å². The van der Waals surface area contributed by atoms with Crippen molar-refractivity contribution < 1.29 is 0 Å². The molecule has 1 fully saturated rings. The molecule has 0 aliphatic heterocycles. The van der Waals surface area contributed by atoms with E-state index in [1.54, 1.807) is 6.20 Å². The van der Waals surface area contributed by atoms with Gasteiger partial charge in [0.25, 0.3) is 0 Å². The third kappa shape index (κ3) is 3.17. The van der Waals surface area contributed by atoms with Gasteiger partial charge in [0.2, 0.25) is 0 Å². The molecule has 2 aromatic heterocycles. The molecule has 3 rings (SSSR count). The van der Waals surface area contributed by atoms with E-state index in [1.165, 1.54) is 25.7 Å². The lowest BCUT2D eigenvalue weighted by Gasteiger charge is -2.08. The molecule has 1 aliphatic carbocycles. The molecule has 0 bridgehead atoms.